The number of hydrogen-bond acceptors (Lipinski definition) is 2. The van der Waals surface area contributed by atoms with E-state index >= 15 is 0 Å². The van der Waals surface area contributed by atoms with Crippen LogP contribution < -0.4 is 10.6 Å². The highest BCUT2D eigenvalue weighted by atomic mass is 15.1. The van der Waals surface area contributed by atoms with E-state index in [0.29, 0.717) is 0 Å². The Labute approximate surface area is 92.1 Å². The van der Waals surface area contributed by atoms with Gasteiger partial charge in [-0.25, -0.2) is 0 Å². The zero-order valence-corrected chi connectivity index (χ0v) is 9.83. The van der Waals surface area contributed by atoms with Gasteiger partial charge in [-0.3, -0.25) is 0 Å². The Balaban J connectivity index is 2.13. The summed E-state index contributed by atoms with van der Waals surface area (Å²) in [7, 11) is 2.14. The Morgan fingerprint density at radius 3 is 2.67 bits per heavy atom. The summed E-state index contributed by atoms with van der Waals surface area (Å²) in [4.78, 5) is 2.30. The normalized spacial score (nSPS) is 23.9. The Kier molecular flexibility index (Phi) is 2.59. The van der Waals surface area contributed by atoms with Gasteiger partial charge in [-0.1, -0.05) is 19.1 Å². The van der Waals surface area contributed by atoms with Crippen molar-refractivity contribution in [3.63, 3.8) is 0 Å². The Bertz CT molecular complexity index is 339. The van der Waals surface area contributed by atoms with Crippen LogP contribution >= 0.6 is 0 Å². The van der Waals surface area contributed by atoms with Gasteiger partial charge in [0.25, 0.3) is 0 Å². The first-order valence-corrected chi connectivity index (χ1v) is 5.66. The molecule has 2 N–H and O–H groups in total. The molecule has 2 atom stereocenters. The lowest BCUT2D eigenvalue weighted by Gasteiger charge is -2.23. The van der Waals surface area contributed by atoms with E-state index in [4.69, 9.17) is 5.73 Å². The van der Waals surface area contributed by atoms with Gasteiger partial charge < -0.3 is 10.6 Å². The maximum atomic E-state index is 6.01. The van der Waals surface area contributed by atoms with Crippen molar-refractivity contribution in [2.75, 3.05) is 24.2 Å². The lowest BCUT2D eigenvalue weighted by atomic mass is 10.1. The third kappa shape index (κ3) is 2.09. The summed E-state index contributed by atoms with van der Waals surface area (Å²) < 4.78 is 0. The molecule has 1 aliphatic rings. The maximum absolute atomic E-state index is 6.01. The first kappa shape index (κ1) is 10.3. The Morgan fingerprint density at radius 2 is 2.13 bits per heavy atom. The van der Waals surface area contributed by atoms with E-state index < -0.39 is 0 Å². The monoisotopic (exact) mass is 204 g/mol. The summed E-state index contributed by atoms with van der Waals surface area (Å²) >= 11 is 0. The molecule has 82 valence electrons. The van der Waals surface area contributed by atoms with E-state index in [0.717, 1.165) is 24.1 Å². The summed E-state index contributed by atoms with van der Waals surface area (Å²) in [6.07, 6.45) is 1.37. The summed E-state index contributed by atoms with van der Waals surface area (Å²) in [5.74, 6) is 1.77. The quantitative estimate of drug-likeness (QED) is 0.767. The summed E-state index contributed by atoms with van der Waals surface area (Å²) in [5.41, 5.74) is 9.38. The fourth-order valence-corrected chi connectivity index (χ4v) is 2.30. The highest BCUT2D eigenvalue weighted by Crippen LogP contribution is 2.39. The fourth-order valence-electron chi connectivity index (χ4n) is 2.30. The second-order valence-corrected chi connectivity index (χ2v) is 4.87. The smallest absolute Gasteiger partial charge is 0.0627 e. The molecule has 1 aromatic rings. The van der Waals surface area contributed by atoms with E-state index in [-0.39, 0.29) is 0 Å². The molecule has 0 radical (unpaired) electrons. The van der Waals surface area contributed by atoms with Gasteiger partial charge in [-0.2, -0.15) is 0 Å². The zero-order valence-electron chi connectivity index (χ0n) is 9.83. The van der Waals surface area contributed by atoms with Gasteiger partial charge in [0.05, 0.1) is 11.4 Å². The van der Waals surface area contributed by atoms with Crippen LogP contribution in [0.5, 0.6) is 0 Å². The molecule has 0 heterocycles. The molecule has 0 aliphatic heterocycles. The molecule has 0 bridgehead atoms. The van der Waals surface area contributed by atoms with Gasteiger partial charge in [0, 0.05) is 13.6 Å². The van der Waals surface area contributed by atoms with E-state index in [1.807, 2.05) is 12.1 Å². The molecule has 15 heavy (non-hydrogen) atoms. The minimum absolute atomic E-state index is 0.869. The number of aryl methyl sites for hydroxylation is 1. The van der Waals surface area contributed by atoms with Crippen LogP contribution in [-0.2, 0) is 0 Å². The van der Waals surface area contributed by atoms with Gasteiger partial charge in [-0.15, -0.1) is 0 Å². The van der Waals surface area contributed by atoms with Crippen molar-refractivity contribution in [1.29, 1.82) is 0 Å². The van der Waals surface area contributed by atoms with Gasteiger partial charge >= 0.3 is 0 Å². The minimum Gasteiger partial charge on any atom is -0.397 e. The van der Waals surface area contributed by atoms with Crippen molar-refractivity contribution in [3.05, 3.63) is 23.8 Å². The number of nitrogens with zero attached hydrogens (tertiary/aromatic N) is 1. The molecule has 0 aromatic heterocycles. The van der Waals surface area contributed by atoms with Crippen molar-refractivity contribution in [3.8, 4) is 0 Å². The number of rotatable bonds is 3. The Hall–Kier alpha value is -1.18. The van der Waals surface area contributed by atoms with Crippen LogP contribution in [-0.4, -0.2) is 13.6 Å². The molecule has 1 aromatic carbocycles. The number of hydrogen-bond donors (Lipinski definition) is 1. The van der Waals surface area contributed by atoms with Crippen LogP contribution in [0.3, 0.4) is 0 Å². The number of nitrogen functional groups attached to an aromatic ring is 1. The van der Waals surface area contributed by atoms with Gasteiger partial charge in [0.1, 0.15) is 0 Å². The number of benzene rings is 1. The SMILES string of the molecule is Cc1cccc(N)c1N(C)CC1CC1C. The number of para-hydroxylation sites is 1. The number of nitrogens with two attached hydrogens (primary N) is 1. The zero-order chi connectivity index (χ0) is 11.0. The van der Waals surface area contributed by atoms with E-state index in [1.54, 1.807) is 0 Å². The Morgan fingerprint density at radius 1 is 1.47 bits per heavy atom. The topological polar surface area (TPSA) is 29.3 Å². The van der Waals surface area contributed by atoms with Crippen LogP contribution in [0, 0.1) is 18.8 Å². The predicted molar refractivity (Wildman–Crippen MR) is 66.1 cm³/mol. The molecule has 0 amide bonds. The van der Waals surface area contributed by atoms with Crippen molar-refractivity contribution < 1.29 is 0 Å². The summed E-state index contributed by atoms with van der Waals surface area (Å²) in [6, 6.07) is 6.12. The number of anilines is 2. The third-order valence-electron chi connectivity index (χ3n) is 3.44. The second kappa shape index (κ2) is 3.76. The molecule has 1 aliphatic carbocycles. The van der Waals surface area contributed by atoms with Crippen LogP contribution in [0.2, 0.25) is 0 Å². The molecule has 2 nitrogen and oxygen atoms in total. The van der Waals surface area contributed by atoms with Gasteiger partial charge in [0.15, 0.2) is 0 Å². The van der Waals surface area contributed by atoms with Crippen LogP contribution in [0.4, 0.5) is 11.4 Å². The molecule has 0 saturated heterocycles. The van der Waals surface area contributed by atoms with Crippen LogP contribution in [0.15, 0.2) is 18.2 Å². The highest BCUT2D eigenvalue weighted by Gasteiger charge is 2.33. The molecule has 2 rings (SSSR count). The third-order valence-corrected chi connectivity index (χ3v) is 3.44. The van der Waals surface area contributed by atoms with Crippen molar-refractivity contribution in [1.82, 2.24) is 0 Å². The molecule has 2 unspecified atom stereocenters. The predicted octanol–water partition coefficient (Wildman–Crippen LogP) is 2.67. The van der Waals surface area contributed by atoms with E-state index in [9.17, 15) is 0 Å². The molecule has 1 saturated carbocycles. The molecular weight excluding hydrogens is 184 g/mol. The summed E-state index contributed by atoms with van der Waals surface area (Å²) in [5, 5.41) is 0. The van der Waals surface area contributed by atoms with Gasteiger partial charge in [0.2, 0.25) is 0 Å². The lowest BCUT2D eigenvalue weighted by molar-refractivity contribution is 0.725. The van der Waals surface area contributed by atoms with Crippen molar-refractivity contribution in [2.24, 2.45) is 11.8 Å². The largest absolute Gasteiger partial charge is 0.397 e. The lowest BCUT2D eigenvalue weighted by Crippen LogP contribution is -2.22. The average Bonchev–Trinajstić information content (AvgIpc) is 2.81. The maximum Gasteiger partial charge on any atom is 0.0627 e. The molecule has 0 spiro atoms. The van der Waals surface area contributed by atoms with Crippen LogP contribution in [0.1, 0.15) is 18.9 Å². The van der Waals surface area contributed by atoms with Crippen LogP contribution in [0.25, 0.3) is 0 Å². The molecule has 1 fully saturated rings. The fraction of sp³-hybridized carbons (Fsp3) is 0.538. The van der Waals surface area contributed by atoms with E-state index in [2.05, 4.69) is 31.9 Å². The average molecular weight is 204 g/mol. The standard InChI is InChI=1S/C13H20N2/c1-9-5-4-6-12(14)13(9)15(3)8-11-7-10(11)2/h4-6,10-11H,7-8,14H2,1-3H3. The van der Waals surface area contributed by atoms with Crippen molar-refractivity contribution in [2.45, 2.75) is 20.3 Å². The second-order valence-electron chi connectivity index (χ2n) is 4.87. The van der Waals surface area contributed by atoms with E-state index in [1.165, 1.54) is 17.7 Å². The first-order valence-electron chi connectivity index (χ1n) is 5.66. The first-order chi connectivity index (χ1) is 7.09. The minimum atomic E-state index is 0.869. The molecular formula is C13H20N2. The van der Waals surface area contributed by atoms with Crippen molar-refractivity contribution >= 4 is 11.4 Å². The van der Waals surface area contributed by atoms with Gasteiger partial charge in [-0.05, 0) is 36.8 Å². The molecule has 2 heteroatoms. The summed E-state index contributed by atoms with van der Waals surface area (Å²) in [6.45, 7) is 5.58. The highest BCUT2D eigenvalue weighted by molar-refractivity contribution is 5.71.